The highest BCUT2D eigenvalue weighted by atomic mass is 35.5. The van der Waals surface area contributed by atoms with Gasteiger partial charge in [0.05, 0.1) is 10.8 Å². The molecule has 5 rings (SSSR count). The molecular weight excluding hydrogens is 832 g/mol. The van der Waals surface area contributed by atoms with Crippen molar-refractivity contribution in [3.05, 3.63) is 60.2 Å². The van der Waals surface area contributed by atoms with Crippen LogP contribution in [0.2, 0.25) is 0 Å². The monoisotopic (exact) mass is 908 g/mol. The lowest BCUT2D eigenvalue weighted by Crippen LogP contribution is -2.31. The SMILES string of the molecule is C.C.C1CCOC1.CC(C)N1CCN(C(C)C)P1.CC(C)N1CCN(C(C)C)P1CCCNC(=S)Nc1ccc(F)cc1.Fc1ccc(N=C=S)cc1.NCCCCl. The molecule has 0 aliphatic carbocycles. The number of benzene rings is 2. The van der Waals surface area contributed by atoms with E-state index >= 15 is 0 Å². The Kier molecular flexibility index (Phi) is 35.8. The van der Waals surface area contributed by atoms with Crippen molar-refractivity contribution in [2.24, 2.45) is 10.7 Å². The summed E-state index contributed by atoms with van der Waals surface area (Å²) in [4.78, 5) is 3.65. The fourth-order valence-corrected chi connectivity index (χ4v) is 10.0. The fraction of sp³-hybridized carbons (Fsp3) is 0.667. The van der Waals surface area contributed by atoms with Crippen molar-refractivity contribution >= 4 is 74.8 Å². The minimum Gasteiger partial charge on any atom is -0.381 e. The molecule has 3 saturated heterocycles. The zero-order valence-corrected chi connectivity index (χ0v) is 39.2. The average molecular weight is 910 g/mol. The third kappa shape index (κ3) is 26.1. The lowest BCUT2D eigenvalue weighted by molar-refractivity contribution is 0.198. The molecule has 4 N–H and O–H groups in total. The van der Waals surface area contributed by atoms with E-state index in [1.807, 2.05) is 0 Å². The van der Waals surface area contributed by atoms with E-state index in [4.69, 9.17) is 34.3 Å². The second-order valence-corrected chi connectivity index (χ2v) is 18.9. The molecule has 0 saturated carbocycles. The summed E-state index contributed by atoms with van der Waals surface area (Å²) < 4.78 is 40.5. The predicted molar refractivity (Wildman–Crippen MR) is 262 cm³/mol. The molecule has 0 unspecified atom stereocenters. The number of hydrogen-bond acceptors (Lipinski definition) is 9. The van der Waals surface area contributed by atoms with Gasteiger partial charge in [-0.05, 0) is 167 Å². The summed E-state index contributed by atoms with van der Waals surface area (Å²) in [6.45, 7) is 26.7. The van der Waals surface area contributed by atoms with Gasteiger partial charge in [-0.15, -0.1) is 11.6 Å². The number of hydrogen-bond donors (Lipinski definition) is 3. The van der Waals surface area contributed by atoms with Crippen LogP contribution in [0.25, 0.3) is 0 Å². The first-order chi connectivity index (χ1) is 26.7. The number of anilines is 1. The molecule has 2 aromatic carbocycles. The molecule has 3 heterocycles. The van der Waals surface area contributed by atoms with Gasteiger partial charge in [-0.2, -0.15) is 4.99 Å². The van der Waals surface area contributed by atoms with Crippen LogP contribution in [0.1, 0.15) is 95.9 Å². The number of halogens is 3. The van der Waals surface area contributed by atoms with Gasteiger partial charge >= 0.3 is 0 Å². The molecule has 58 heavy (non-hydrogen) atoms. The largest absolute Gasteiger partial charge is 0.381 e. The Hall–Kier alpha value is -1.30. The zero-order valence-electron chi connectivity index (χ0n) is 34.9. The van der Waals surface area contributed by atoms with Crippen molar-refractivity contribution in [2.75, 3.05) is 69.8 Å². The third-order valence-corrected chi connectivity index (χ3v) is 14.3. The molecule has 334 valence electrons. The topological polar surface area (TPSA) is 84.6 Å². The third-order valence-electron chi connectivity index (χ3n) is 8.52. The number of isothiocyanates is 1. The van der Waals surface area contributed by atoms with Crippen molar-refractivity contribution in [2.45, 2.75) is 120 Å². The molecular formula is C42H77ClF2N8OP2S2. The van der Waals surface area contributed by atoms with Gasteiger partial charge in [0.2, 0.25) is 0 Å². The molecule has 0 radical (unpaired) electrons. The van der Waals surface area contributed by atoms with Crippen LogP contribution in [0.3, 0.4) is 0 Å². The second-order valence-electron chi connectivity index (χ2n) is 14.4. The summed E-state index contributed by atoms with van der Waals surface area (Å²) in [7, 11) is 0.706. The van der Waals surface area contributed by atoms with E-state index in [0.717, 1.165) is 59.3 Å². The van der Waals surface area contributed by atoms with Gasteiger partial charge in [-0.3, -0.25) is 18.7 Å². The lowest BCUT2D eigenvalue weighted by Gasteiger charge is -2.34. The Bertz CT molecular complexity index is 1320. The van der Waals surface area contributed by atoms with Crippen LogP contribution >= 0.6 is 53.1 Å². The maximum atomic E-state index is 12.9. The van der Waals surface area contributed by atoms with Crippen LogP contribution in [-0.4, -0.2) is 118 Å². The zero-order chi connectivity index (χ0) is 41.9. The van der Waals surface area contributed by atoms with Crippen LogP contribution in [0.4, 0.5) is 20.2 Å². The molecule has 0 atom stereocenters. The molecule has 0 aromatic heterocycles. The van der Waals surface area contributed by atoms with Gasteiger partial charge in [0.15, 0.2) is 5.11 Å². The van der Waals surface area contributed by atoms with Crippen molar-refractivity contribution in [1.82, 2.24) is 24.0 Å². The summed E-state index contributed by atoms with van der Waals surface area (Å²) in [6, 6.07) is 14.6. The highest BCUT2D eigenvalue weighted by Gasteiger charge is 2.34. The first kappa shape index (κ1) is 58.8. The highest BCUT2D eigenvalue weighted by molar-refractivity contribution is 7.80. The maximum absolute atomic E-state index is 12.9. The van der Waals surface area contributed by atoms with E-state index in [0.29, 0.717) is 35.3 Å². The summed E-state index contributed by atoms with van der Waals surface area (Å²) in [5, 5.41) is 9.13. The molecule has 0 bridgehead atoms. The van der Waals surface area contributed by atoms with Gasteiger partial charge < -0.3 is 21.1 Å². The van der Waals surface area contributed by atoms with Crippen LogP contribution in [0.15, 0.2) is 53.5 Å². The molecule has 0 spiro atoms. The minimum absolute atomic E-state index is 0. The van der Waals surface area contributed by atoms with E-state index in [1.165, 1.54) is 81.6 Å². The molecule has 16 heteroatoms. The van der Waals surface area contributed by atoms with E-state index < -0.39 is 0 Å². The fourth-order valence-electron chi connectivity index (χ4n) is 5.40. The van der Waals surface area contributed by atoms with Gasteiger partial charge in [0, 0.05) is 98.8 Å². The Morgan fingerprint density at radius 1 is 0.828 bits per heavy atom. The van der Waals surface area contributed by atoms with Crippen LogP contribution in [0, 0.1) is 11.6 Å². The number of nitrogens with two attached hydrogens (primary N) is 1. The summed E-state index contributed by atoms with van der Waals surface area (Å²) >= 11 is 14.9. The second kappa shape index (κ2) is 35.3. The van der Waals surface area contributed by atoms with Gasteiger partial charge in [0.25, 0.3) is 0 Å². The maximum Gasteiger partial charge on any atom is 0.170 e. The number of rotatable bonds is 12. The summed E-state index contributed by atoms with van der Waals surface area (Å²) in [6.07, 6.45) is 5.77. The predicted octanol–water partition coefficient (Wildman–Crippen LogP) is 11.4. The number of ether oxygens (including phenoxy) is 1. The molecule has 3 aliphatic heterocycles. The number of aliphatic imine (C=N–C) groups is 1. The first-order valence-electron chi connectivity index (χ1n) is 19.8. The molecule has 3 fully saturated rings. The van der Waals surface area contributed by atoms with E-state index in [-0.39, 0.29) is 34.7 Å². The summed E-state index contributed by atoms with van der Waals surface area (Å²) in [5.41, 5.74) is 6.48. The smallest absolute Gasteiger partial charge is 0.170 e. The Balaban J connectivity index is 0. The number of nitrogens with one attached hydrogen (secondary N) is 2. The van der Waals surface area contributed by atoms with Crippen LogP contribution < -0.4 is 16.4 Å². The molecule has 3 aliphatic rings. The average Bonchev–Trinajstić information content (AvgIpc) is 3.97. The highest BCUT2D eigenvalue weighted by Crippen LogP contribution is 2.51. The minimum atomic E-state index is -0.275. The van der Waals surface area contributed by atoms with Crippen LogP contribution in [0.5, 0.6) is 0 Å². The van der Waals surface area contributed by atoms with E-state index in [9.17, 15) is 8.78 Å². The van der Waals surface area contributed by atoms with Crippen molar-refractivity contribution in [3.8, 4) is 0 Å². The molecule has 9 nitrogen and oxygen atoms in total. The quantitative estimate of drug-likeness (QED) is 0.0629. The molecule has 0 amide bonds. The number of thiocarbonyl (C=S) groups is 2. The lowest BCUT2D eigenvalue weighted by atomic mass is 10.3. The van der Waals surface area contributed by atoms with Gasteiger partial charge in [0.1, 0.15) is 11.6 Å². The van der Waals surface area contributed by atoms with Crippen molar-refractivity contribution in [3.63, 3.8) is 0 Å². The van der Waals surface area contributed by atoms with E-state index in [2.05, 4.69) is 107 Å². The standard InChI is InChI=1S/C18H30FN4PS.C8H19N2P.C7H4FNS.C4H8O.C3H8ClN.2CH4/c1-14(2)22-11-12-23(15(3)4)24(22)13-5-10-20-18(25)21-17-8-6-16(19)7-9-17;1-7(2)9-5-6-10(11-9)8(3)4;8-6-1-3-7(4-2-6)9-5-10;1-2-4-5-3-1;4-2-1-3-5;;/h6-9,14-15H,5,10-13H2,1-4H3,(H2,20,21,25);7-8,11H,5-6H2,1-4H3;1-4H;1-4H2;1-3,5H2;2*1H4. The number of nitrogens with zero attached hydrogens (tertiary/aromatic N) is 5. The Labute approximate surface area is 371 Å². The van der Waals surface area contributed by atoms with Crippen molar-refractivity contribution < 1.29 is 13.5 Å². The first-order valence-corrected chi connectivity index (χ1v) is 23.5. The van der Waals surface area contributed by atoms with E-state index in [1.54, 1.807) is 12.1 Å². The normalized spacial score (nSPS) is 15.7. The number of alkyl halides is 1. The van der Waals surface area contributed by atoms with Gasteiger partial charge in [-0.1, -0.05) is 14.9 Å². The van der Waals surface area contributed by atoms with Gasteiger partial charge in [-0.25, -0.2) is 8.78 Å². The summed E-state index contributed by atoms with van der Waals surface area (Å²) in [5.74, 6) is 0.173. The Morgan fingerprint density at radius 2 is 1.31 bits per heavy atom. The molecule has 2 aromatic rings. The van der Waals surface area contributed by atoms with Crippen molar-refractivity contribution in [1.29, 1.82) is 0 Å². The van der Waals surface area contributed by atoms with Crippen LogP contribution in [-0.2, 0) is 4.74 Å². The Morgan fingerprint density at radius 3 is 1.66 bits per heavy atom.